The molecular weight excluding hydrogens is 208 g/mol. The average molecular weight is 223 g/mol. The van der Waals surface area contributed by atoms with Gasteiger partial charge in [-0.2, -0.15) is 0 Å². The number of halogens is 1. The molecule has 0 aromatic rings. The van der Waals surface area contributed by atoms with E-state index in [1.807, 2.05) is 6.92 Å². The Balaban J connectivity index is 0.00000169. The van der Waals surface area contributed by atoms with E-state index in [0.717, 1.165) is 6.54 Å². The highest BCUT2D eigenvalue weighted by Gasteiger charge is 2.25. The number of morpholine rings is 1. The molecule has 1 saturated heterocycles. The van der Waals surface area contributed by atoms with Crippen LogP contribution in [0, 0.1) is 0 Å². The summed E-state index contributed by atoms with van der Waals surface area (Å²) in [5.41, 5.74) is 0. The molecule has 0 radical (unpaired) electrons. The van der Waals surface area contributed by atoms with Crippen LogP contribution < -0.4 is 5.32 Å². The van der Waals surface area contributed by atoms with Crippen LogP contribution in [0.15, 0.2) is 0 Å². The van der Waals surface area contributed by atoms with Gasteiger partial charge in [0.2, 0.25) is 0 Å². The van der Waals surface area contributed by atoms with Gasteiger partial charge in [-0.05, 0) is 6.54 Å². The van der Waals surface area contributed by atoms with Crippen molar-refractivity contribution >= 4 is 24.2 Å². The summed E-state index contributed by atoms with van der Waals surface area (Å²) in [7, 11) is 0. The Kier molecular flexibility index (Phi) is 6.44. The molecular formula is C8H15ClN2O3. The van der Waals surface area contributed by atoms with E-state index in [0.29, 0.717) is 13.1 Å². The molecule has 0 aromatic heterocycles. The summed E-state index contributed by atoms with van der Waals surface area (Å²) in [5.74, 6) is -0.483. The lowest BCUT2D eigenvalue weighted by molar-refractivity contribution is -0.158. The van der Waals surface area contributed by atoms with Gasteiger partial charge in [0.05, 0.1) is 0 Å². The second-order valence-corrected chi connectivity index (χ2v) is 2.79. The highest BCUT2D eigenvalue weighted by Crippen LogP contribution is 1.99. The van der Waals surface area contributed by atoms with Crippen LogP contribution in [0.3, 0.4) is 0 Å². The van der Waals surface area contributed by atoms with Crippen LogP contribution in [0.25, 0.3) is 0 Å². The molecule has 0 atom stereocenters. The summed E-state index contributed by atoms with van der Waals surface area (Å²) in [6.45, 7) is 3.95. The van der Waals surface area contributed by atoms with Crippen molar-refractivity contribution in [3.05, 3.63) is 0 Å². The van der Waals surface area contributed by atoms with E-state index < -0.39 is 0 Å². The van der Waals surface area contributed by atoms with E-state index in [4.69, 9.17) is 4.74 Å². The molecule has 1 N–H and O–H groups in total. The molecule has 6 heteroatoms. The third kappa shape index (κ3) is 3.61. The SMILES string of the molecule is CCNCCN1C(=O)COCC1=O.Cl. The molecule has 0 unspecified atom stereocenters. The molecule has 1 aliphatic heterocycles. The first kappa shape index (κ1) is 13.4. The maximum atomic E-state index is 11.2. The third-order valence-electron chi connectivity index (χ3n) is 1.82. The first-order chi connectivity index (χ1) is 6.25. The number of imide groups is 1. The fourth-order valence-electron chi connectivity index (χ4n) is 1.14. The van der Waals surface area contributed by atoms with Crippen LogP contribution in [0.2, 0.25) is 0 Å². The lowest BCUT2D eigenvalue weighted by Crippen LogP contribution is -2.48. The maximum absolute atomic E-state index is 11.2. The number of nitrogens with one attached hydrogen (secondary N) is 1. The molecule has 2 amide bonds. The Morgan fingerprint density at radius 2 is 1.93 bits per heavy atom. The number of ether oxygens (including phenoxy) is 1. The van der Waals surface area contributed by atoms with Crippen LogP contribution >= 0.6 is 12.4 Å². The van der Waals surface area contributed by atoms with Gasteiger partial charge in [-0.25, -0.2) is 0 Å². The van der Waals surface area contributed by atoms with Gasteiger partial charge < -0.3 is 10.1 Å². The standard InChI is InChI=1S/C8H14N2O3.ClH/c1-2-9-3-4-10-7(11)5-13-6-8(10)12;/h9H,2-6H2,1H3;1H. The molecule has 1 aliphatic rings. The first-order valence-corrected chi connectivity index (χ1v) is 4.37. The van der Waals surface area contributed by atoms with E-state index in [1.54, 1.807) is 0 Å². The number of hydrogen-bond acceptors (Lipinski definition) is 4. The lowest BCUT2D eigenvalue weighted by Gasteiger charge is -2.24. The Morgan fingerprint density at radius 1 is 1.36 bits per heavy atom. The quantitative estimate of drug-likeness (QED) is 0.510. The van der Waals surface area contributed by atoms with Gasteiger partial charge in [-0.3, -0.25) is 14.5 Å². The normalized spacial score (nSPS) is 16.8. The number of carbonyl (C=O) groups excluding carboxylic acids is 2. The fraction of sp³-hybridized carbons (Fsp3) is 0.750. The summed E-state index contributed by atoms with van der Waals surface area (Å²) in [4.78, 5) is 23.5. The topological polar surface area (TPSA) is 58.6 Å². The lowest BCUT2D eigenvalue weighted by atomic mass is 10.4. The minimum absolute atomic E-state index is 0. The molecule has 0 saturated carbocycles. The number of nitrogens with zero attached hydrogens (tertiary/aromatic N) is 1. The molecule has 1 heterocycles. The summed E-state index contributed by atoms with van der Waals surface area (Å²) in [6, 6.07) is 0. The van der Waals surface area contributed by atoms with Gasteiger partial charge in [0, 0.05) is 13.1 Å². The van der Waals surface area contributed by atoms with Gasteiger partial charge in [0.25, 0.3) is 11.8 Å². The van der Waals surface area contributed by atoms with Crippen LogP contribution in [0.4, 0.5) is 0 Å². The third-order valence-corrected chi connectivity index (χ3v) is 1.82. The zero-order valence-electron chi connectivity index (χ0n) is 8.12. The van der Waals surface area contributed by atoms with E-state index in [9.17, 15) is 9.59 Å². The molecule has 5 nitrogen and oxygen atoms in total. The second-order valence-electron chi connectivity index (χ2n) is 2.79. The van der Waals surface area contributed by atoms with Crippen molar-refractivity contribution in [2.75, 3.05) is 32.8 Å². The Morgan fingerprint density at radius 3 is 2.43 bits per heavy atom. The molecule has 1 rings (SSSR count). The molecule has 82 valence electrons. The van der Waals surface area contributed by atoms with E-state index >= 15 is 0 Å². The van der Waals surface area contributed by atoms with Gasteiger partial charge in [-0.1, -0.05) is 6.92 Å². The Bertz CT molecular complexity index is 195. The van der Waals surface area contributed by atoms with E-state index in [-0.39, 0.29) is 37.4 Å². The summed E-state index contributed by atoms with van der Waals surface area (Å²) < 4.78 is 4.77. The first-order valence-electron chi connectivity index (χ1n) is 4.37. The summed E-state index contributed by atoms with van der Waals surface area (Å²) in [5, 5.41) is 3.05. The number of amides is 2. The minimum atomic E-state index is -0.242. The van der Waals surface area contributed by atoms with Crippen LogP contribution in [-0.2, 0) is 14.3 Å². The van der Waals surface area contributed by atoms with E-state index in [1.165, 1.54) is 4.90 Å². The van der Waals surface area contributed by atoms with Crippen LogP contribution in [0.1, 0.15) is 6.92 Å². The van der Waals surface area contributed by atoms with E-state index in [2.05, 4.69) is 5.32 Å². The largest absolute Gasteiger partial charge is 0.362 e. The Labute approximate surface area is 89.2 Å². The minimum Gasteiger partial charge on any atom is -0.362 e. The predicted octanol–water partition coefficient (Wildman–Crippen LogP) is -0.597. The van der Waals surface area contributed by atoms with Gasteiger partial charge in [0.15, 0.2) is 0 Å². The second kappa shape index (κ2) is 6.75. The van der Waals surface area contributed by atoms with Crippen molar-refractivity contribution in [3.63, 3.8) is 0 Å². The smallest absolute Gasteiger partial charge is 0.255 e. The molecule has 0 aromatic carbocycles. The van der Waals surface area contributed by atoms with Gasteiger partial charge >= 0.3 is 0 Å². The number of likely N-dealkylation sites (N-methyl/N-ethyl adjacent to an activating group) is 1. The molecule has 0 bridgehead atoms. The molecule has 0 aliphatic carbocycles. The van der Waals surface area contributed by atoms with Gasteiger partial charge in [0.1, 0.15) is 13.2 Å². The Hall–Kier alpha value is -0.650. The average Bonchev–Trinajstić information content (AvgIpc) is 2.10. The number of rotatable bonds is 4. The zero-order valence-corrected chi connectivity index (χ0v) is 8.93. The number of carbonyl (C=O) groups is 2. The monoisotopic (exact) mass is 222 g/mol. The van der Waals surface area contributed by atoms with Crippen LogP contribution in [-0.4, -0.2) is 49.6 Å². The van der Waals surface area contributed by atoms with Crippen LogP contribution in [0.5, 0.6) is 0 Å². The summed E-state index contributed by atoms with van der Waals surface area (Å²) >= 11 is 0. The van der Waals surface area contributed by atoms with Crippen molar-refractivity contribution in [3.8, 4) is 0 Å². The van der Waals surface area contributed by atoms with Gasteiger partial charge in [-0.15, -0.1) is 12.4 Å². The van der Waals surface area contributed by atoms with Crippen molar-refractivity contribution in [1.29, 1.82) is 0 Å². The molecule has 14 heavy (non-hydrogen) atoms. The highest BCUT2D eigenvalue weighted by atomic mass is 35.5. The molecule has 0 spiro atoms. The predicted molar refractivity (Wildman–Crippen MR) is 53.3 cm³/mol. The summed E-state index contributed by atoms with van der Waals surface area (Å²) in [6.07, 6.45) is 0. The highest BCUT2D eigenvalue weighted by molar-refractivity contribution is 5.98. The zero-order chi connectivity index (χ0) is 9.68. The van der Waals surface area contributed by atoms with Crippen molar-refractivity contribution in [1.82, 2.24) is 10.2 Å². The van der Waals surface area contributed by atoms with Crippen molar-refractivity contribution in [2.45, 2.75) is 6.92 Å². The molecule has 1 fully saturated rings. The van der Waals surface area contributed by atoms with Crippen molar-refractivity contribution in [2.24, 2.45) is 0 Å². The maximum Gasteiger partial charge on any atom is 0.255 e. The van der Waals surface area contributed by atoms with Crippen molar-refractivity contribution < 1.29 is 14.3 Å². The fourth-order valence-corrected chi connectivity index (χ4v) is 1.14. The number of hydrogen-bond donors (Lipinski definition) is 1.